The Morgan fingerprint density at radius 1 is 0.785 bits per heavy atom. The predicted octanol–water partition coefficient (Wildman–Crippen LogP) is 11.3. The molecule has 2 aliphatic rings. The number of H-pyrrole nitrogens is 1. The number of ether oxygens (including phenoxy) is 4. The molecule has 15 nitrogen and oxygen atoms in total. The first-order valence-electron chi connectivity index (χ1n) is 20.6. The first-order valence-corrected chi connectivity index (χ1v) is 22.2. The standard InChI is InChI=1S/C23H26BrN3O2.C22H24BrNO6.C2H4O2.CH4.H3N/c1-23(2,3)29-22(28)27-11-5-4-6-20(27)21-25-14-19(26-21)17-8-7-16-13-18(24)10-9-15(16)12-17;1-22(2,3)30-21(27)24-8-9-28-12-18(24)20(26)29-13-19(25)16-5-4-15-11-17(23)7-6-14(15)10-16;1-2(3)4;;/h7-10,12-14,20H,4-6,11H2,1-3H3,(H,25,26);4-7,10-11,18H,8-9,12-13H2,1-3H3;1H3,(H,3,4);1H4;1H3/t20-;18-;;;/m00.../s1. The molecule has 2 amide bonds. The van der Waals surface area contributed by atoms with Crippen molar-refractivity contribution in [3.8, 4) is 11.3 Å². The number of benzene rings is 4. The topological polar surface area (TPSA) is 213 Å². The summed E-state index contributed by atoms with van der Waals surface area (Å²) in [7, 11) is 0. The number of aromatic nitrogens is 2. The number of imidazole rings is 1. The van der Waals surface area contributed by atoms with Crippen LogP contribution in [-0.4, -0.2) is 105 Å². The highest BCUT2D eigenvalue weighted by Crippen LogP contribution is 2.33. The first-order chi connectivity index (χ1) is 29.7. The number of carbonyl (C=O) groups is 5. The lowest BCUT2D eigenvalue weighted by Gasteiger charge is -2.35. The van der Waals surface area contributed by atoms with Crippen molar-refractivity contribution in [1.82, 2.24) is 25.9 Å². The summed E-state index contributed by atoms with van der Waals surface area (Å²) in [5.41, 5.74) is 1.29. The second-order valence-electron chi connectivity index (χ2n) is 17.1. The maximum Gasteiger partial charge on any atom is 0.411 e. The number of halogens is 2. The summed E-state index contributed by atoms with van der Waals surface area (Å²) in [5, 5.41) is 11.7. The maximum atomic E-state index is 12.7. The van der Waals surface area contributed by atoms with E-state index >= 15 is 0 Å². The molecule has 2 saturated heterocycles. The molecule has 2 atom stereocenters. The van der Waals surface area contributed by atoms with Crippen molar-refractivity contribution in [2.24, 2.45) is 0 Å². The van der Waals surface area contributed by atoms with Gasteiger partial charge in [0.05, 0.1) is 31.1 Å². The number of carboxylic acids is 1. The van der Waals surface area contributed by atoms with Gasteiger partial charge in [0.2, 0.25) is 0 Å². The molecule has 0 aliphatic carbocycles. The Bertz CT molecular complexity index is 2440. The molecule has 1 aromatic heterocycles. The van der Waals surface area contributed by atoms with Crippen LogP contribution in [0.4, 0.5) is 9.59 Å². The van der Waals surface area contributed by atoms with E-state index in [-0.39, 0.29) is 44.6 Å². The van der Waals surface area contributed by atoms with E-state index in [0.29, 0.717) is 18.7 Å². The number of likely N-dealkylation sites (tertiary alicyclic amines) is 1. The minimum absolute atomic E-state index is 0. The molecule has 0 radical (unpaired) electrons. The van der Waals surface area contributed by atoms with Crippen LogP contribution in [0.1, 0.15) is 97.4 Å². The van der Waals surface area contributed by atoms with Crippen LogP contribution in [0, 0.1) is 0 Å². The number of nitrogens with one attached hydrogen (secondary N) is 1. The Morgan fingerprint density at radius 3 is 1.92 bits per heavy atom. The third kappa shape index (κ3) is 15.9. The lowest BCUT2D eigenvalue weighted by molar-refractivity contribution is -0.154. The minimum Gasteiger partial charge on any atom is -0.481 e. The number of hydrogen-bond donors (Lipinski definition) is 3. The lowest BCUT2D eigenvalue weighted by atomic mass is 10.0. The van der Waals surface area contributed by atoms with Gasteiger partial charge in [-0.2, -0.15) is 0 Å². The van der Waals surface area contributed by atoms with Crippen molar-refractivity contribution < 1.29 is 48.0 Å². The maximum absolute atomic E-state index is 12.7. The fraction of sp³-hybridized carbons (Fsp3) is 0.417. The van der Waals surface area contributed by atoms with Crippen molar-refractivity contribution >= 4 is 83.3 Å². The van der Waals surface area contributed by atoms with Crippen LogP contribution in [0.25, 0.3) is 32.8 Å². The zero-order chi connectivity index (χ0) is 46.1. The molecular weight excluding hydrogens is 966 g/mol. The van der Waals surface area contributed by atoms with E-state index in [1.54, 1.807) is 32.9 Å². The van der Waals surface area contributed by atoms with Gasteiger partial charge in [-0.1, -0.05) is 75.7 Å². The van der Waals surface area contributed by atoms with E-state index < -0.39 is 41.9 Å². The Labute approximate surface area is 397 Å². The van der Waals surface area contributed by atoms with E-state index in [4.69, 9.17) is 28.8 Å². The molecule has 4 aromatic carbocycles. The molecule has 2 aliphatic heterocycles. The fourth-order valence-electron chi connectivity index (χ4n) is 6.84. The summed E-state index contributed by atoms with van der Waals surface area (Å²) >= 11 is 6.94. The van der Waals surface area contributed by atoms with E-state index in [2.05, 4.69) is 72.2 Å². The number of hydrogen-bond acceptors (Lipinski definition) is 11. The van der Waals surface area contributed by atoms with Gasteiger partial charge in [-0.25, -0.2) is 19.4 Å². The number of carboxylic acid groups (broad SMARTS) is 1. The Kier molecular flexibility index (Phi) is 19.7. The number of aliphatic carboxylic acids is 1. The van der Waals surface area contributed by atoms with Crippen LogP contribution < -0.4 is 6.15 Å². The van der Waals surface area contributed by atoms with E-state index in [0.717, 1.165) is 63.0 Å². The van der Waals surface area contributed by atoms with Gasteiger partial charge < -0.3 is 35.2 Å². The molecule has 65 heavy (non-hydrogen) atoms. The summed E-state index contributed by atoms with van der Waals surface area (Å²) < 4.78 is 23.5. The van der Waals surface area contributed by atoms with Crippen molar-refractivity contribution in [2.45, 2.75) is 98.4 Å². The molecular formula is C48H61Br2N5O10. The molecule has 5 aromatic rings. The van der Waals surface area contributed by atoms with Crippen LogP contribution in [0.2, 0.25) is 0 Å². The fourth-order valence-corrected chi connectivity index (χ4v) is 7.59. The predicted molar refractivity (Wildman–Crippen MR) is 258 cm³/mol. The monoisotopic (exact) mass is 1030 g/mol. The number of nitrogens with zero attached hydrogens (tertiary/aromatic N) is 3. The number of esters is 1. The van der Waals surface area contributed by atoms with Crippen LogP contribution in [-0.2, 0) is 28.5 Å². The number of amides is 2. The quantitative estimate of drug-likeness (QED) is 0.0823. The van der Waals surface area contributed by atoms with Crippen LogP contribution >= 0.6 is 31.9 Å². The number of Topliss-reactive ketones (excluding diaryl/α,β-unsaturated/α-hetero) is 1. The molecule has 3 heterocycles. The number of morpholine rings is 1. The number of ketones is 1. The number of rotatable bonds is 6. The van der Waals surface area contributed by atoms with Gasteiger partial charge in [-0.15, -0.1) is 0 Å². The van der Waals surface area contributed by atoms with Gasteiger partial charge in [0.1, 0.15) is 17.0 Å². The highest BCUT2D eigenvalue weighted by atomic mass is 79.9. The molecule has 0 spiro atoms. The summed E-state index contributed by atoms with van der Waals surface area (Å²) in [4.78, 5) is 70.4. The smallest absolute Gasteiger partial charge is 0.411 e. The Morgan fingerprint density at radius 2 is 1.32 bits per heavy atom. The largest absolute Gasteiger partial charge is 0.481 e. The Hall–Kier alpha value is -5.36. The molecule has 0 unspecified atom stereocenters. The van der Waals surface area contributed by atoms with Crippen molar-refractivity contribution in [3.63, 3.8) is 0 Å². The zero-order valence-electron chi connectivity index (χ0n) is 37.2. The molecule has 7 rings (SSSR count). The van der Waals surface area contributed by atoms with Gasteiger partial charge in [-0.3, -0.25) is 19.4 Å². The first kappa shape index (κ1) is 54.0. The van der Waals surface area contributed by atoms with Crippen LogP contribution in [0.3, 0.4) is 0 Å². The third-order valence-electron chi connectivity index (χ3n) is 9.65. The minimum atomic E-state index is -0.949. The number of fused-ring (bicyclic) bond motifs is 2. The number of piperidine rings is 1. The SMILES string of the molecule is C.CC(=O)O.CC(C)(C)OC(=O)N1CCCC[C@H]1c1ncc(-c2ccc3cc(Br)ccc3c2)[nH]1.CC(C)(C)OC(=O)N1CCOC[C@H]1C(=O)OCC(=O)c1ccc2cc(Br)ccc2c1.N. The van der Waals surface area contributed by atoms with Crippen LogP contribution in [0.15, 0.2) is 87.9 Å². The van der Waals surface area contributed by atoms with Gasteiger partial charge in [-0.05, 0) is 119 Å². The van der Waals surface area contributed by atoms with Crippen LogP contribution in [0.5, 0.6) is 0 Å². The summed E-state index contributed by atoms with van der Waals surface area (Å²) in [6.07, 6.45) is 3.93. The van der Waals surface area contributed by atoms with Crippen molar-refractivity contribution in [2.75, 3.05) is 32.9 Å². The molecule has 0 bridgehead atoms. The van der Waals surface area contributed by atoms with Gasteiger partial charge >= 0.3 is 18.2 Å². The molecule has 17 heteroatoms. The van der Waals surface area contributed by atoms with E-state index in [1.807, 2.05) is 62.2 Å². The normalized spacial score (nSPS) is 16.0. The van der Waals surface area contributed by atoms with E-state index in [9.17, 15) is 19.2 Å². The summed E-state index contributed by atoms with van der Waals surface area (Å²) in [6, 6.07) is 22.6. The van der Waals surface area contributed by atoms with Gasteiger partial charge in [0.25, 0.3) is 5.97 Å². The number of carbonyl (C=O) groups excluding carboxylic acids is 4. The third-order valence-corrected chi connectivity index (χ3v) is 10.6. The molecule has 0 saturated carbocycles. The van der Waals surface area contributed by atoms with Crippen molar-refractivity contribution in [1.29, 1.82) is 0 Å². The molecule has 5 N–H and O–H groups in total. The Balaban J connectivity index is 0.000000310. The summed E-state index contributed by atoms with van der Waals surface area (Å²) in [6.45, 7) is 12.8. The number of aromatic amines is 1. The zero-order valence-corrected chi connectivity index (χ0v) is 40.4. The van der Waals surface area contributed by atoms with E-state index in [1.165, 1.54) is 15.7 Å². The van der Waals surface area contributed by atoms with Gasteiger partial charge in [0, 0.05) is 40.1 Å². The molecule has 2 fully saturated rings. The average Bonchev–Trinajstić information content (AvgIpc) is 3.71. The lowest BCUT2D eigenvalue weighted by Crippen LogP contribution is -2.54. The summed E-state index contributed by atoms with van der Waals surface area (Å²) in [5.74, 6) is -1.03. The molecule has 352 valence electrons. The highest BCUT2D eigenvalue weighted by Gasteiger charge is 2.37. The van der Waals surface area contributed by atoms with Crippen molar-refractivity contribution in [3.05, 3.63) is 99.3 Å². The highest BCUT2D eigenvalue weighted by molar-refractivity contribution is 9.10. The second kappa shape index (κ2) is 23.7. The second-order valence-corrected chi connectivity index (χ2v) is 18.9. The average molecular weight is 1030 g/mol. The van der Waals surface area contributed by atoms with Gasteiger partial charge in [0.15, 0.2) is 18.4 Å².